The zero-order valence-corrected chi connectivity index (χ0v) is 14.8. The van der Waals surface area contributed by atoms with Gasteiger partial charge in [0.2, 0.25) is 0 Å². The van der Waals surface area contributed by atoms with E-state index >= 15 is 0 Å². The number of anilines is 1. The number of hydrogen-bond donors (Lipinski definition) is 2. The maximum Gasteiger partial charge on any atom is 0.193 e. The first-order chi connectivity index (χ1) is 11.0. The fourth-order valence-corrected chi connectivity index (χ4v) is 2.82. The lowest BCUT2D eigenvalue weighted by Crippen LogP contribution is -2.30. The Hall–Kier alpha value is -1.59. The van der Waals surface area contributed by atoms with Gasteiger partial charge in [-0.1, -0.05) is 6.07 Å². The van der Waals surface area contributed by atoms with Crippen LogP contribution in [-0.2, 0) is 0 Å². The van der Waals surface area contributed by atoms with E-state index < -0.39 is 0 Å². The molecule has 1 aliphatic rings. The molecule has 1 aliphatic heterocycles. The standard InChI is InChI=1S/C18H31N5/c1-15-6-7-17(14-16(15)2)21-18(19)20-8-4-10-23-11-5-9-22(3)12-13-23/h6-7,14H,4-5,8-13H2,1-3H3,(H3,19,20,21). The molecule has 0 atom stereocenters. The van der Waals surface area contributed by atoms with Crippen LogP contribution in [0.3, 0.4) is 0 Å². The predicted octanol–water partition coefficient (Wildman–Crippen LogP) is 2.06. The van der Waals surface area contributed by atoms with Gasteiger partial charge in [-0.3, -0.25) is 4.99 Å². The fourth-order valence-electron chi connectivity index (χ4n) is 2.82. The summed E-state index contributed by atoms with van der Waals surface area (Å²) in [5, 5.41) is 3.17. The van der Waals surface area contributed by atoms with Crippen LogP contribution in [-0.4, -0.2) is 62.1 Å². The summed E-state index contributed by atoms with van der Waals surface area (Å²) in [5.74, 6) is 0.504. The van der Waals surface area contributed by atoms with Gasteiger partial charge in [0.05, 0.1) is 0 Å². The van der Waals surface area contributed by atoms with Crippen LogP contribution in [0.4, 0.5) is 5.69 Å². The van der Waals surface area contributed by atoms with Crippen molar-refractivity contribution in [2.75, 3.05) is 51.6 Å². The lowest BCUT2D eigenvalue weighted by atomic mass is 10.1. The SMILES string of the molecule is Cc1ccc(NC(N)=NCCCN2CCCN(C)CC2)cc1C. The van der Waals surface area contributed by atoms with Gasteiger partial charge in [0.1, 0.15) is 0 Å². The Morgan fingerprint density at radius 3 is 2.78 bits per heavy atom. The Labute approximate surface area is 140 Å². The van der Waals surface area contributed by atoms with Crippen molar-refractivity contribution in [3.8, 4) is 0 Å². The van der Waals surface area contributed by atoms with Gasteiger partial charge in [-0.05, 0) is 76.6 Å². The van der Waals surface area contributed by atoms with Gasteiger partial charge in [0.15, 0.2) is 5.96 Å². The minimum absolute atomic E-state index is 0.504. The van der Waals surface area contributed by atoms with Gasteiger partial charge in [-0.25, -0.2) is 0 Å². The van der Waals surface area contributed by atoms with E-state index in [1.54, 1.807) is 0 Å². The third kappa shape index (κ3) is 6.20. The Balaban J connectivity index is 1.71. The Morgan fingerprint density at radius 2 is 2.00 bits per heavy atom. The average molecular weight is 317 g/mol. The van der Waals surface area contributed by atoms with Gasteiger partial charge < -0.3 is 20.9 Å². The fraction of sp³-hybridized carbons (Fsp3) is 0.611. The van der Waals surface area contributed by atoms with Crippen LogP contribution in [0.5, 0.6) is 0 Å². The van der Waals surface area contributed by atoms with Crippen molar-refractivity contribution in [3.05, 3.63) is 29.3 Å². The second kappa shape index (κ2) is 8.89. The first-order valence-electron chi connectivity index (χ1n) is 8.59. The molecule has 128 valence electrons. The molecule has 2 rings (SSSR count). The summed E-state index contributed by atoms with van der Waals surface area (Å²) in [6.45, 7) is 10.8. The molecule has 0 saturated carbocycles. The minimum Gasteiger partial charge on any atom is -0.370 e. The number of benzene rings is 1. The second-order valence-electron chi connectivity index (χ2n) is 6.54. The molecule has 1 aromatic rings. The van der Waals surface area contributed by atoms with Crippen LogP contribution in [0.25, 0.3) is 0 Å². The average Bonchev–Trinajstić information content (AvgIpc) is 2.72. The highest BCUT2D eigenvalue weighted by molar-refractivity contribution is 5.92. The van der Waals surface area contributed by atoms with Crippen LogP contribution in [0.2, 0.25) is 0 Å². The van der Waals surface area contributed by atoms with E-state index in [4.69, 9.17) is 5.73 Å². The van der Waals surface area contributed by atoms with Crippen molar-refractivity contribution in [2.45, 2.75) is 26.7 Å². The molecule has 0 spiro atoms. The molecular weight excluding hydrogens is 286 g/mol. The van der Waals surface area contributed by atoms with E-state index in [0.29, 0.717) is 5.96 Å². The lowest BCUT2D eigenvalue weighted by molar-refractivity contribution is 0.275. The van der Waals surface area contributed by atoms with Gasteiger partial charge in [-0.2, -0.15) is 0 Å². The molecule has 0 amide bonds. The van der Waals surface area contributed by atoms with Gasteiger partial charge in [-0.15, -0.1) is 0 Å². The third-order valence-corrected chi connectivity index (χ3v) is 4.51. The number of likely N-dealkylation sites (N-methyl/N-ethyl adjacent to an activating group) is 1. The summed E-state index contributed by atoms with van der Waals surface area (Å²) >= 11 is 0. The molecule has 0 radical (unpaired) electrons. The molecule has 1 aromatic carbocycles. The highest BCUT2D eigenvalue weighted by Crippen LogP contribution is 2.13. The molecule has 0 aromatic heterocycles. The smallest absolute Gasteiger partial charge is 0.193 e. The Bertz CT molecular complexity index is 526. The normalized spacial score (nSPS) is 18.0. The molecule has 1 heterocycles. The van der Waals surface area contributed by atoms with E-state index in [2.05, 4.69) is 53.1 Å². The quantitative estimate of drug-likeness (QED) is 0.496. The first-order valence-corrected chi connectivity index (χ1v) is 8.59. The van der Waals surface area contributed by atoms with Gasteiger partial charge >= 0.3 is 0 Å². The topological polar surface area (TPSA) is 56.9 Å². The van der Waals surface area contributed by atoms with E-state index in [9.17, 15) is 0 Å². The largest absolute Gasteiger partial charge is 0.370 e. The summed E-state index contributed by atoms with van der Waals surface area (Å²) in [4.78, 5) is 9.38. The van der Waals surface area contributed by atoms with Crippen molar-refractivity contribution in [2.24, 2.45) is 10.7 Å². The summed E-state index contributed by atoms with van der Waals surface area (Å²) in [6, 6.07) is 6.24. The molecule has 1 fully saturated rings. The van der Waals surface area contributed by atoms with Crippen LogP contribution < -0.4 is 11.1 Å². The molecule has 1 saturated heterocycles. The molecule has 23 heavy (non-hydrogen) atoms. The maximum absolute atomic E-state index is 5.97. The van der Waals surface area contributed by atoms with E-state index in [-0.39, 0.29) is 0 Å². The van der Waals surface area contributed by atoms with E-state index in [1.807, 2.05) is 6.07 Å². The Morgan fingerprint density at radius 1 is 1.17 bits per heavy atom. The van der Waals surface area contributed by atoms with Gasteiger partial charge in [0, 0.05) is 25.3 Å². The van der Waals surface area contributed by atoms with Crippen molar-refractivity contribution in [1.29, 1.82) is 0 Å². The van der Waals surface area contributed by atoms with E-state index in [0.717, 1.165) is 31.7 Å². The van der Waals surface area contributed by atoms with Crippen LogP contribution in [0.1, 0.15) is 24.0 Å². The summed E-state index contributed by atoms with van der Waals surface area (Å²) < 4.78 is 0. The molecule has 5 heteroatoms. The highest BCUT2D eigenvalue weighted by atomic mass is 15.2. The monoisotopic (exact) mass is 317 g/mol. The molecule has 0 unspecified atom stereocenters. The van der Waals surface area contributed by atoms with Crippen LogP contribution in [0, 0.1) is 13.8 Å². The molecular formula is C18H31N5. The molecule has 5 nitrogen and oxygen atoms in total. The summed E-state index contributed by atoms with van der Waals surface area (Å²) in [7, 11) is 2.20. The molecule has 0 aliphatic carbocycles. The predicted molar refractivity (Wildman–Crippen MR) is 99.2 cm³/mol. The number of nitrogens with two attached hydrogens (primary N) is 1. The zero-order chi connectivity index (χ0) is 16.7. The number of aryl methyl sites for hydroxylation is 2. The lowest BCUT2D eigenvalue weighted by Gasteiger charge is -2.19. The number of guanidine groups is 1. The van der Waals surface area contributed by atoms with Crippen molar-refractivity contribution in [1.82, 2.24) is 9.80 Å². The van der Waals surface area contributed by atoms with Crippen LogP contribution >= 0.6 is 0 Å². The highest BCUT2D eigenvalue weighted by Gasteiger charge is 2.10. The van der Waals surface area contributed by atoms with Gasteiger partial charge in [0.25, 0.3) is 0 Å². The summed E-state index contributed by atoms with van der Waals surface area (Å²) in [5.41, 5.74) is 9.52. The number of nitrogens with zero attached hydrogens (tertiary/aromatic N) is 3. The van der Waals surface area contributed by atoms with Crippen LogP contribution in [0.15, 0.2) is 23.2 Å². The molecule has 3 N–H and O–H groups in total. The zero-order valence-electron chi connectivity index (χ0n) is 14.8. The number of nitrogens with one attached hydrogen (secondary N) is 1. The second-order valence-corrected chi connectivity index (χ2v) is 6.54. The molecule has 0 bridgehead atoms. The van der Waals surface area contributed by atoms with Crippen molar-refractivity contribution < 1.29 is 0 Å². The third-order valence-electron chi connectivity index (χ3n) is 4.51. The first kappa shape index (κ1) is 17.8. The number of hydrogen-bond acceptors (Lipinski definition) is 3. The summed E-state index contributed by atoms with van der Waals surface area (Å²) in [6.07, 6.45) is 2.31. The minimum atomic E-state index is 0.504. The number of aliphatic imine (C=N–C) groups is 1. The van der Waals surface area contributed by atoms with Crippen molar-refractivity contribution in [3.63, 3.8) is 0 Å². The van der Waals surface area contributed by atoms with E-state index in [1.165, 1.54) is 37.2 Å². The number of rotatable bonds is 5. The van der Waals surface area contributed by atoms with Crippen molar-refractivity contribution >= 4 is 11.6 Å². The maximum atomic E-state index is 5.97. The Kier molecular flexibility index (Phi) is 6.86.